The van der Waals surface area contributed by atoms with Crippen LogP contribution in [0.15, 0.2) is 36.7 Å². The summed E-state index contributed by atoms with van der Waals surface area (Å²) in [6.07, 6.45) is 4.65. The van der Waals surface area contributed by atoms with Gasteiger partial charge in [-0.25, -0.2) is 0 Å². The number of nitrogens with zero attached hydrogens (tertiary/aromatic N) is 2. The number of nitrogen functional groups attached to an aromatic ring is 1. The van der Waals surface area contributed by atoms with Crippen molar-refractivity contribution in [2.75, 3.05) is 24.6 Å². The summed E-state index contributed by atoms with van der Waals surface area (Å²) in [5.74, 6) is -0.137. The molecular formula is C14H19N5O. The average molecular weight is 273 g/mol. The van der Waals surface area contributed by atoms with Crippen molar-refractivity contribution in [3.05, 3.63) is 42.2 Å². The van der Waals surface area contributed by atoms with Crippen LogP contribution in [0.5, 0.6) is 0 Å². The van der Waals surface area contributed by atoms with Gasteiger partial charge in [-0.3, -0.25) is 9.48 Å². The molecule has 20 heavy (non-hydrogen) atoms. The molecule has 0 saturated carbocycles. The van der Waals surface area contributed by atoms with Gasteiger partial charge in [0.2, 0.25) is 0 Å². The van der Waals surface area contributed by atoms with Crippen molar-refractivity contribution in [1.29, 1.82) is 0 Å². The lowest BCUT2D eigenvalue weighted by Gasteiger charge is -2.10. The second kappa shape index (κ2) is 6.60. The molecule has 1 aromatic carbocycles. The number of amides is 1. The van der Waals surface area contributed by atoms with E-state index in [1.54, 1.807) is 25.4 Å². The van der Waals surface area contributed by atoms with Gasteiger partial charge in [-0.05, 0) is 30.7 Å². The Hall–Kier alpha value is -2.50. The molecule has 0 saturated heterocycles. The summed E-state index contributed by atoms with van der Waals surface area (Å²) < 4.78 is 1.89. The minimum atomic E-state index is -0.137. The van der Waals surface area contributed by atoms with Crippen LogP contribution in [0.1, 0.15) is 16.8 Å². The SMILES string of the molecule is CNC(=O)c1ccc(NCCCn2cccn2)c(N)c1. The van der Waals surface area contributed by atoms with Crippen molar-refractivity contribution in [2.24, 2.45) is 0 Å². The zero-order valence-corrected chi connectivity index (χ0v) is 11.5. The predicted molar refractivity (Wildman–Crippen MR) is 79.6 cm³/mol. The minimum Gasteiger partial charge on any atom is -0.397 e. The molecule has 4 N–H and O–H groups in total. The van der Waals surface area contributed by atoms with Gasteiger partial charge in [0.05, 0.1) is 11.4 Å². The highest BCUT2D eigenvalue weighted by Gasteiger charge is 2.06. The topological polar surface area (TPSA) is 85.0 Å². The number of rotatable bonds is 6. The molecule has 2 rings (SSSR count). The number of anilines is 2. The predicted octanol–water partition coefficient (Wildman–Crippen LogP) is 1.33. The van der Waals surface area contributed by atoms with Gasteiger partial charge < -0.3 is 16.4 Å². The highest BCUT2D eigenvalue weighted by Crippen LogP contribution is 2.19. The number of hydrogen-bond donors (Lipinski definition) is 3. The van der Waals surface area contributed by atoms with E-state index in [0.29, 0.717) is 11.3 Å². The first kappa shape index (κ1) is 13.9. The Bertz CT molecular complexity index is 565. The summed E-state index contributed by atoms with van der Waals surface area (Å²) >= 11 is 0. The van der Waals surface area contributed by atoms with Crippen LogP contribution in [0.25, 0.3) is 0 Å². The van der Waals surface area contributed by atoms with E-state index in [2.05, 4.69) is 15.7 Å². The smallest absolute Gasteiger partial charge is 0.251 e. The molecule has 0 spiro atoms. The molecule has 1 amide bonds. The van der Waals surface area contributed by atoms with Gasteiger partial charge in [-0.2, -0.15) is 5.10 Å². The fourth-order valence-corrected chi connectivity index (χ4v) is 1.91. The number of nitrogens with one attached hydrogen (secondary N) is 2. The normalized spacial score (nSPS) is 10.2. The molecule has 0 aliphatic carbocycles. The molecule has 0 fully saturated rings. The fourth-order valence-electron chi connectivity index (χ4n) is 1.91. The van der Waals surface area contributed by atoms with Gasteiger partial charge in [0, 0.05) is 38.1 Å². The quantitative estimate of drug-likeness (QED) is 0.547. The molecule has 1 heterocycles. The minimum absolute atomic E-state index is 0.137. The van der Waals surface area contributed by atoms with E-state index in [1.165, 1.54) is 0 Å². The Morgan fingerprint density at radius 3 is 2.95 bits per heavy atom. The first-order valence-electron chi connectivity index (χ1n) is 6.53. The van der Waals surface area contributed by atoms with E-state index >= 15 is 0 Å². The standard InChI is InChI=1S/C14H19N5O/c1-16-14(20)11-4-5-13(12(15)10-11)17-6-2-8-19-9-3-7-18-19/h3-5,7,9-10,17H,2,6,8,15H2,1H3,(H,16,20). The summed E-state index contributed by atoms with van der Waals surface area (Å²) in [5, 5.41) is 9.97. The van der Waals surface area contributed by atoms with Crippen LogP contribution in [-0.2, 0) is 6.54 Å². The van der Waals surface area contributed by atoms with Crippen LogP contribution in [0, 0.1) is 0 Å². The Morgan fingerprint density at radius 1 is 1.45 bits per heavy atom. The van der Waals surface area contributed by atoms with E-state index in [9.17, 15) is 4.79 Å². The zero-order chi connectivity index (χ0) is 14.4. The third kappa shape index (κ3) is 3.50. The van der Waals surface area contributed by atoms with E-state index in [0.717, 1.165) is 25.2 Å². The van der Waals surface area contributed by atoms with E-state index in [4.69, 9.17) is 5.73 Å². The molecule has 0 aliphatic rings. The maximum absolute atomic E-state index is 11.5. The molecule has 0 aliphatic heterocycles. The monoisotopic (exact) mass is 273 g/mol. The van der Waals surface area contributed by atoms with Crippen LogP contribution in [-0.4, -0.2) is 29.3 Å². The second-order valence-corrected chi connectivity index (χ2v) is 4.43. The van der Waals surface area contributed by atoms with Crippen molar-refractivity contribution in [3.63, 3.8) is 0 Å². The molecular weight excluding hydrogens is 254 g/mol. The van der Waals surface area contributed by atoms with Crippen molar-refractivity contribution in [2.45, 2.75) is 13.0 Å². The lowest BCUT2D eigenvalue weighted by Crippen LogP contribution is -2.18. The number of benzene rings is 1. The van der Waals surface area contributed by atoms with Crippen LogP contribution >= 0.6 is 0 Å². The number of carbonyl (C=O) groups excluding carboxylic acids is 1. The largest absolute Gasteiger partial charge is 0.397 e. The van der Waals surface area contributed by atoms with Gasteiger partial charge in [0.15, 0.2) is 0 Å². The van der Waals surface area contributed by atoms with Crippen molar-refractivity contribution >= 4 is 17.3 Å². The Morgan fingerprint density at radius 2 is 2.30 bits per heavy atom. The number of aromatic nitrogens is 2. The third-order valence-electron chi connectivity index (χ3n) is 2.98. The molecule has 1 aromatic heterocycles. The second-order valence-electron chi connectivity index (χ2n) is 4.43. The van der Waals surface area contributed by atoms with Crippen LogP contribution in [0.3, 0.4) is 0 Å². The number of carbonyl (C=O) groups is 1. The Kier molecular flexibility index (Phi) is 4.60. The third-order valence-corrected chi connectivity index (χ3v) is 2.98. The molecule has 0 bridgehead atoms. The number of nitrogens with two attached hydrogens (primary N) is 1. The summed E-state index contributed by atoms with van der Waals surface area (Å²) in [6.45, 7) is 1.65. The van der Waals surface area contributed by atoms with E-state index in [1.807, 2.05) is 23.0 Å². The fraction of sp³-hybridized carbons (Fsp3) is 0.286. The van der Waals surface area contributed by atoms with Gasteiger partial charge >= 0.3 is 0 Å². The lowest BCUT2D eigenvalue weighted by atomic mass is 10.1. The molecule has 0 atom stereocenters. The molecule has 6 heteroatoms. The zero-order valence-electron chi connectivity index (χ0n) is 11.5. The van der Waals surface area contributed by atoms with Crippen LogP contribution < -0.4 is 16.4 Å². The number of aryl methyl sites for hydroxylation is 1. The van der Waals surface area contributed by atoms with Gasteiger partial charge in [-0.15, -0.1) is 0 Å². The van der Waals surface area contributed by atoms with Crippen molar-refractivity contribution < 1.29 is 4.79 Å². The van der Waals surface area contributed by atoms with Crippen molar-refractivity contribution in [1.82, 2.24) is 15.1 Å². The molecule has 0 radical (unpaired) electrons. The summed E-state index contributed by atoms with van der Waals surface area (Å²) in [7, 11) is 1.60. The average Bonchev–Trinajstić information content (AvgIpc) is 2.97. The first-order chi connectivity index (χ1) is 9.70. The molecule has 2 aromatic rings. The van der Waals surface area contributed by atoms with Crippen LogP contribution in [0.4, 0.5) is 11.4 Å². The van der Waals surface area contributed by atoms with Gasteiger partial charge in [0.1, 0.15) is 0 Å². The molecule has 0 unspecified atom stereocenters. The molecule has 6 nitrogen and oxygen atoms in total. The maximum Gasteiger partial charge on any atom is 0.251 e. The van der Waals surface area contributed by atoms with Crippen molar-refractivity contribution in [3.8, 4) is 0 Å². The Balaban J connectivity index is 1.85. The van der Waals surface area contributed by atoms with E-state index in [-0.39, 0.29) is 5.91 Å². The first-order valence-corrected chi connectivity index (χ1v) is 6.53. The van der Waals surface area contributed by atoms with Gasteiger partial charge in [-0.1, -0.05) is 0 Å². The lowest BCUT2D eigenvalue weighted by molar-refractivity contribution is 0.0963. The Labute approximate surface area is 118 Å². The summed E-state index contributed by atoms with van der Waals surface area (Å²) in [4.78, 5) is 11.5. The summed E-state index contributed by atoms with van der Waals surface area (Å²) in [5.41, 5.74) is 7.91. The van der Waals surface area contributed by atoms with Gasteiger partial charge in [0.25, 0.3) is 5.91 Å². The number of hydrogen-bond acceptors (Lipinski definition) is 4. The maximum atomic E-state index is 11.5. The van der Waals surface area contributed by atoms with E-state index < -0.39 is 0 Å². The molecule has 106 valence electrons. The summed E-state index contributed by atoms with van der Waals surface area (Å²) in [6, 6.07) is 7.16. The van der Waals surface area contributed by atoms with Crippen LogP contribution in [0.2, 0.25) is 0 Å². The highest BCUT2D eigenvalue weighted by molar-refractivity contribution is 5.95. The highest BCUT2D eigenvalue weighted by atomic mass is 16.1.